The van der Waals surface area contributed by atoms with Gasteiger partial charge in [-0.15, -0.1) is 0 Å². The van der Waals surface area contributed by atoms with Crippen LogP contribution in [-0.2, 0) is 25.7 Å². The van der Waals surface area contributed by atoms with Gasteiger partial charge in [0.05, 0.1) is 31.2 Å². The lowest BCUT2D eigenvalue weighted by molar-refractivity contribution is 0.101. The highest BCUT2D eigenvalue weighted by molar-refractivity contribution is 6.40. The van der Waals surface area contributed by atoms with Crippen LogP contribution in [-0.4, -0.2) is 21.8 Å². The maximum atomic E-state index is 12.2. The van der Waals surface area contributed by atoms with Crippen LogP contribution in [0.1, 0.15) is 55.8 Å². The van der Waals surface area contributed by atoms with Gasteiger partial charge < -0.3 is 10.6 Å². The van der Waals surface area contributed by atoms with Gasteiger partial charge in [0.1, 0.15) is 0 Å². The van der Waals surface area contributed by atoms with Crippen LogP contribution >= 0.6 is 46.4 Å². The number of nitrogens with zero attached hydrogens (tertiary/aromatic N) is 2. The fourth-order valence-electron chi connectivity index (χ4n) is 4.94. The zero-order valence-electron chi connectivity index (χ0n) is 21.2. The Labute approximate surface area is 252 Å². The summed E-state index contributed by atoms with van der Waals surface area (Å²) in [6.07, 6.45) is 12.3. The maximum Gasteiger partial charge on any atom is 0.258 e. The van der Waals surface area contributed by atoms with Crippen molar-refractivity contribution in [3.63, 3.8) is 0 Å². The molecular weight excluding hydrogens is 590 g/mol. The summed E-state index contributed by atoms with van der Waals surface area (Å²) in [5.74, 6) is -0.638. The fraction of sp³-hybridized carbons (Fsp3) is 0.200. The van der Waals surface area contributed by atoms with Gasteiger partial charge in [-0.3, -0.25) is 19.6 Å². The Kier molecular flexibility index (Phi) is 8.91. The Hall–Kier alpha value is -3.16. The molecule has 0 unspecified atom stereocenters. The molecule has 0 saturated carbocycles. The van der Waals surface area contributed by atoms with Gasteiger partial charge in [-0.2, -0.15) is 0 Å². The van der Waals surface area contributed by atoms with Gasteiger partial charge in [0.25, 0.3) is 11.8 Å². The zero-order valence-corrected chi connectivity index (χ0v) is 24.3. The molecule has 2 aliphatic rings. The summed E-state index contributed by atoms with van der Waals surface area (Å²) in [5.41, 5.74) is 7.36. The SMILES string of the molecule is O=C(Nc1ccc2c(c1)CCC2)c1c(Cl)cncc1Cl.O=C(Nc1ccc2c(c1)CCC2)c1c(Cl)cncc1Cl. The van der Waals surface area contributed by atoms with Gasteiger partial charge in [-0.1, -0.05) is 58.5 Å². The number of pyridine rings is 2. The van der Waals surface area contributed by atoms with Gasteiger partial charge >= 0.3 is 0 Å². The summed E-state index contributed by atoms with van der Waals surface area (Å²) in [5, 5.41) is 6.65. The molecule has 40 heavy (non-hydrogen) atoms. The van der Waals surface area contributed by atoms with Crippen molar-refractivity contribution in [3.05, 3.63) is 115 Å². The van der Waals surface area contributed by atoms with Crippen LogP contribution in [0.5, 0.6) is 0 Å². The number of rotatable bonds is 4. The minimum Gasteiger partial charge on any atom is -0.322 e. The van der Waals surface area contributed by atoms with Crippen molar-refractivity contribution < 1.29 is 9.59 Å². The number of aryl methyl sites for hydroxylation is 4. The molecule has 2 amide bonds. The highest BCUT2D eigenvalue weighted by Gasteiger charge is 2.18. The Morgan fingerprint density at radius 1 is 0.550 bits per heavy atom. The quantitative estimate of drug-likeness (QED) is 0.243. The van der Waals surface area contributed by atoms with E-state index in [1.807, 2.05) is 24.3 Å². The molecule has 6 rings (SSSR count). The molecule has 0 saturated heterocycles. The average molecular weight is 614 g/mol. The van der Waals surface area contributed by atoms with Crippen molar-refractivity contribution >= 4 is 69.6 Å². The second-order valence-electron chi connectivity index (χ2n) is 9.54. The van der Waals surface area contributed by atoms with Crippen molar-refractivity contribution in [1.29, 1.82) is 0 Å². The first-order chi connectivity index (χ1) is 19.3. The molecule has 10 heteroatoms. The lowest BCUT2D eigenvalue weighted by Crippen LogP contribution is -2.13. The summed E-state index contributed by atoms with van der Waals surface area (Å²) in [7, 11) is 0. The summed E-state index contributed by atoms with van der Waals surface area (Å²) in [6.45, 7) is 0. The second kappa shape index (κ2) is 12.6. The summed E-state index contributed by atoms with van der Waals surface area (Å²) in [4.78, 5) is 32.2. The van der Waals surface area contributed by atoms with E-state index in [0.717, 1.165) is 37.1 Å². The van der Waals surface area contributed by atoms with Crippen molar-refractivity contribution in [1.82, 2.24) is 9.97 Å². The van der Waals surface area contributed by atoms with Crippen LogP contribution in [0.25, 0.3) is 0 Å². The van der Waals surface area contributed by atoms with Crippen LogP contribution in [0, 0.1) is 0 Å². The molecule has 0 radical (unpaired) electrons. The third-order valence-electron chi connectivity index (χ3n) is 6.87. The molecule has 2 heterocycles. The number of aromatic nitrogens is 2. The molecule has 204 valence electrons. The molecule has 0 atom stereocenters. The minimum absolute atomic E-state index is 0.246. The van der Waals surface area contributed by atoms with Crippen LogP contribution in [0.4, 0.5) is 11.4 Å². The third kappa shape index (κ3) is 6.42. The molecule has 2 aliphatic carbocycles. The molecular formula is C30H24Cl4N4O2. The van der Waals surface area contributed by atoms with Gasteiger partial charge in [0, 0.05) is 36.2 Å². The predicted octanol–water partition coefficient (Wildman–Crippen LogP) is 8.26. The number of hydrogen-bond acceptors (Lipinski definition) is 4. The van der Waals surface area contributed by atoms with Crippen LogP contribution in [0.2, 0.25) is 20.1 Å². The van der Waals surface area contributed by atoms with Crippen molar-refractivity contribution in [2.45, 2.75) is 38.5 Å². The number of hydrogen-bond donors (Lipinski definition) is 2. The van der Waals surface area contributed by atoms with Gasteiger partial charge in [-0.05, 0) is 85.0 Å². The minimum atomic E-state index is -0.319. The van der Waals surface area contributed by atoms with E-state index in [1.165, 1.54) is 59.9 Å². The Balaban J connectivity index is 0.000000161. The molecule has 6 nitrogen and oxygen atoms in total. The maximum absolute atomic E-state index is 12.2. The van der Waals surface area contributed by atoms with Crippen molar-refractivity contribution in [2.24, 2.45) is 0 Å². The summed E-state index contributed by atoms with van der Waals surface area (Å²) in [6, 6.07) is 12.0. The molecule has 2 N–H and O–H groups in total. The lowest BCUT2D eigenvalue weighted by atomic mass is 10.1. The Bertz CT molecular complexity index is 1450. The standard InChI is InChI=1S/2C15H12Cl2N2O/c2*16-12-7-18-8-13(17)14(12)15(20)19-11-5-4-9-2-1-3-10(9)6-11/h2*4-8H,1-3H2,(H,19,20). The van der Waals surface area contributed by atoms with Crippen LogP contribution in [0.15, 0.2) is 61.2 Å². The molecule has 2 aromatic carbocycles. The molecule has 0 bridgehead atoms. The number of amides is 2. The number of fused-ring (bicyclic) bond motifs is 2. The average Bonchev–Trinajstić information content (AvgIpc) is 3.58. The monoisotopic (exact) mass is 612 g/mol. The van der Waals surface area contributed by atoms with E-state index in [2.05, 4.69) is 32.7 Å². The number of carbonyl (C=O) groups is 2. The fourth-order valence-corrected chi connectivity index (χ4v) is 6.02. The van der Waals surface area contributed by atoms with Gasteiger partial charge in [-0.25, -0.2) is 0 Å². The highest BCUT2D eigenvalue weighted by Crippen LogP contribution is 2.29. The number of carbonyl (C=O) groups excluding carboxylic acids is 2. The highest BCUT2D eigenvalue weighted by atomic mass is 35.5. The molecule has 0 spiro atoms. The topological polar surface area (TPSA) is 84.0 Å². The van der Waals surface area contributed by atoms with Gasteiger partial charge in [0.15, 0.2) is 0 Å². The Morgan fingerprint density at radius 2 is 0.900 bits per heavy atom. The second-order valence-corrected chi connectivity index (χ2v) is 11.2. The van der Waals surface area contributed by atoms with E-state index >= 15 is 0 Å². The normalized spacial score (nSPS) is 13.1. The molecule has 0 aliphatic heterocycles. The first-order valence-corrected chi connectivity index (χ1v) is 14.3. The Morgan fingerprint density at radius 3 is 1.27 bits per heavy atom. The first kappa shape index (κ1) is 28.4. The van der Waals surface area contributed by atoms with E-state index in [-0.39, 0.29) is 43.0 Å². The van der Waals surface area contributed by atoms with Crippen LogP contribution in [0.3, 0.4) is 0 Å². The zero-order chi connectivity index (χ0) is 28.2. The number of anilines is 2. The summed E-state index contributed by atoms with van der Waals surface area (Å²) < 4.78 is 0. The number of nitrogens with one attached hydrogen (secondary N) is 2. The van der Waals surface area contributed by atoms with Crippen molar-refractivity contribution in [3.8, 4) is 0 Å². The van der Waals surface area contributed by atoms with E-state index in [4.69, 9.17) is 46.4 Å². The third-order valence-corrected chi connectivity index (χ3v) is 8.02. The molecule has 4 aromatic rings. The largest absolute Gasteiger partial charge is 0.322 e. The molecule has 2 aromatic heterocycles. The molecule has 0 fully saturated rings. The smallest absolute Gasteiger partial charge is 0.258 e. The number of halogens is 4. The van der Waals surface area contributed by atoms with Crippen molar-refractivity contribution in [2.75, 3.05) is 10.6 Å². The van der Waals surface area contributed by atoms with Gasteiger partial charge in [0.2, 0.25) is 0 Å². The lowest BCUT2D eigenvalue weighted by Gasteiger charge is -2.09. The predicted molar refractivity (Wildman–Crippen MR) is 161 cm³/mol. The van der Waals surface area contributed by atoms with E-state index in [9.17, 15) is 9.59 Å². The first-order valence-electron chi connectivity index (χ1n) is 12.7. The van der Waals surface area contributed by atoms with E-state index in [0.29, 0.717) is 0 Å². The van der Waals surface area contributed by atoms with E-state index < -0.39 is 0 Å². The van der Waals surface area contributed by atoms with E-state index in [1.54, 1.807) is 0 Å². The number of benzene rings is 2. The van der Waals surface area contributed by atoms with Crippen LogP contribution < -0.4 is 10.6 Å². The summed E-state index contributed by atoms with van der Waals surface area (Å²) >= 11 is 23.9.